The highest BCUT2D eigenvalue weighted by molar-refractivity contribution is 6.49. The maximum atomic E-state index is 10.8. The van der Waals surface area contributed by atoms with Crippen LogP contribution < -0.4 is 5.46 Å². The van der Waals surface area contributed by atoms with E-state index in [0.717, 1.165) is 16.6 Å². The number of carbonyl (C=O) groups is 1. The summed E-state index contributed by atoms with van der Waals surface area (Å²) in [5, 5.41) is 0. The van der Waals surface area contributed by atoms with Crippen molar-refractivity contribution in [2.24, 2.45) is 0 Å². The molecule has 0 unspecified atom stereocenters. The number of hydrogen-bond donors (Lipinski definition) is 0. The fourth-order valence-corrected chi connectivity index (χ4v) is 1.69. The third-order valence-corrected chi connectivity index (χ3v) is 2.63. The predicted molar refractivity (Wildman–Crippen MR) is 73.8 cm³/mol. The van der Waals surface area contributed by atoms with Crippen LogP contribution in [-0.2, 0) is 9.45 Å². The zero-order valence-electron chi connectivity index (χ0n) is 10.5. The summed E-state index contributed by atoms with van der Waals surface area (Å²) >= 11 is 0. The highest BCUT2D eigenvalue weighted by Crippen LogP contribution is 2.18. The van der Waals surface area contributed by atoms with Gasteiger partial charge in [0.2, 0.25) is 0 Å². The molecule has 0 bridgehead atoms. The number of aryl methyl sites for hydroxylation is 1. The van der Waals surface area contributed by atoms with E-state index >= 15 is 0 Å². The first kappa shape index (κ1) is 12.4. The lowest BCUT2D eigenvalue weighted by atomic mass is 9.86. The molecule has 2 rings (SSSR count). The Morgan fingerprint density at radius 3 is 2.44 bits per heavy atom. The van der Waals surface area contributed by atoms with E-state index in [1.807, 2.05) is 24.3 Å². The summed E-state index contributed by atoms with van der Waals surface area (Å²) in [5.41, 5.74) is 4.37. The quantitative estimate of drug-likeness (QED) is 0.766. The van der Waals surface area contributed by atoms with Gasteiger partial charge >= 0.3 is 7.48 Å². The van der Waals surface area contributed by atoms with Crippen molar-refractivity contribution in [3.8, 4) is 11.1 Å². The maximum Gasteiger partial charge on any atom is 0.412 e. The van der Waals surface area contributed by atoms with E-state index in [9.17, 15) is 4.79 Å². The van der Waals surface area contributed by atoms with Gasteiger partial charge in [0.1, 0.15) is 0 Å². The molecule has 0 saturated carbocycles. The summed E-state index contributed by atoms with van der Waals surface area (Å²) in [4.78, 5) is 10.8. The second-order valence-corrected chi connectivity index (χ2v) is 4.22. The van der Waals surface area contributed by atoms with Crippen molar-refractivity contribution in [2.45, 2.75) is 13.8 Å². The van der Waals surface area contributed by atoms with Crippen LogP contribution in [0.1, 0.15) is 12.5 Å². The zero-order chi connectivity index (χ0) is 13.0. The first-order chi connectivity index (χ1) is 8.65. The van der Waals surface area contributed by atoms with E-state index in [-0.39, 0.29) is 5.97 Å². The lowest BCUT2D eigenvalue weighted by Crippen LogP contribution is -2.19. The molecule has 2 aromatic rings. The Hall–Kier alpha value is -2.03. The first-order valence-corrected chi connectivity index (χ1v) is 5.83. The molecule has 1 radical (unpaired) electrons. The molecule has 89 valence electrons. The van der Waals surface area contributed by atoms with Crippen LogP contribution in [0.3, 0.4) is 0 Å². The van der Waals surface area contributed by atoms with E-state index in [0.29, 0.717) is 0 Å². The van der Waals surface area contributed by atoms with Crippen molar-refractivity contribution >= 4 is 18.9 Å². The predicted octanol–water partition coefficient (Wildman–Crippen LogP) is 2.47. The summed E-state index contributed by atoms with van der Waals surface area (Å²) in [6.45, 7) is 3.45. The molecule has 3 heteroatoms. The smallest absolute Gasteiger partial charge is 0.412 e. The van der Waals surface area contributed by atoms with Crippen molar-refractivity contribution in [3.63, 3.8) is 0 Å². The average molecular weight is 237 g/mol. The molecule has 0 saturated heterocycles. The van der Waals surface area contributed by atoms with Gasteiger partial charge in [-0.15, -0.1) is 0 Å². The van der Waals surface area contributed by atoms with Gasteiger partial charge in [0, 0.05) is 6.92 Å². The normalized spacial score (nSPS) is 9.89. The van der Waals surface area contributed by atoms with Gasteiger partial charge in [0.25, 0.3) is 5.97 Å². The van der Waals surface area contributed by atoms with Crippen LogP contribution in [0.4, 0.5) is 0 Å². The monoisotopic (exact) mass is 237 g/mol. The fraction of sp³-hybridized carbons (Fsp3) is 0.133. The van der Waals surface area contributed by atoms with E-state index < -0.39 is 0 Å². The molecular formula is C15H14BO2. The summed E-state index contributed by atoms with van der Waals surface area (Å²) in [5.74, 6) is -0.310. The summed E-state index contributed by atoms with van der Waals surface area (Å²) in [6, 6.07) is 16.2. The van der Waals surface area contributed by atoms with Crippen LogP contribution in [0.15, 0.2) is 48.5 Å². The van der Waals surface area contributed by atoms with Crippen LogP contribution >= 0.6 is 0 Å². The Morgan fingerprint density at radius 1 is 1.06 bits per heavy atom. The van der Waals surface area contributed by atoms with E-state index in [4.69, 9.17) is 4.65 Å². The number of carbonyl (C=O) groups excluding carboxylic acids is 1. The second kappa shape index (κ2) is 5.54. The van der Waals surface area contributed by atoms with Crippen molar-refractivity contribution < 1.29 is 9.45 Å². The van der Waals surface area contributed by atoms with Gasteiger partial charge in [0.05, 0.1) is 0 Å². The zero-order valence-corrected chi connectivity index (χ0v) is 10.5. The van der Waals surface area contributed by atoms with Gasteiger partial charge in [-0.2, -0.15) is 0 Å². The summed E-state index contributed by atoms with van der Waals surface area (Å²) in [6.07, 6.45) is 0. The Bertz CT molecular complexity index is 547. The Kier molecular flexibility index (Phi) is 3.83. The molecule has 0 amide bonds. The average Bonchev–Trinajstić information content (AvgIpc) is 2.37. The molecule has 0 aromatic heterocycles. The standard InChI is InChI=1S/C15H14BO2/c1-11-6-8-13(9-7-11)14-4-3-5-15(10-14)16-18-12(2)17/h3-10H,1-2H3. The van der Waals surface area contributed by atoms with Crippen molar-refractivity contribution in [1.82, 2.24) is 0 Å². The summed E-state index contributed by atoms with van der Waals surface area (Å²) in [7, 11) is 1.47. The van der Waals surface area contributed by atoms with Gasteiger partial charge in [-0.25, -0.2) is 0 Å². The third kappa shape index (κ3) is 3.23. The van der Waals surface area contributed by atoms with E-state index in [1.165, 1.54) is 20.0 Å². The largest absolute Gasteiger partial charge is 0.533 e. The first-order valence-electron chi connectivity index (χ1n) is 5.83. The molecule has 0 aliphatic rings. The second-order valence-electron chi connectivity index (χ2n) is 4.22. The number of rotatable bonds is 3. The molecule has 2 nitrogen and oxygen atoms in total. The van der Waals surface area contributed by atoms with Crippen LogP contribution in [0.2, 0.25) is 0 Å². The van der Waals surface area contributed by atoms with E-state index in [2.05, 4.69) is 31.2 Å². The minimum Gasteiger partial charge on any atom is -0.533 e. The molecule has 0 fully saturated rings. The Labute approximate surface area is 108 Å². The molecule has 0 atom stereocenters. The lowest BCUT2D eigenvalue weighted by Gasteiger charge is -2.05. The third-order valence-electron chi connectivity index (χ3n) is 2.63. The lowest BCUT2D eigenvalue weighted by molar-refractivity contribution is -0.131. The Morgan fingerprint density at radius 2 is 1.78 bits per heavy atom. The highest BCUT2D eigenvalue weighted by atomic mass is 16.5. The van der Waals surface area contributed by atoms with Crippen molar-refractivity contribution in [2.75, 3.05) is 0 Å². The summed E-state index contributed by atoms with van der Waals surface area (Å²) < 4.78 is 4.87. The van der Waals surface area contributed by atoms with Gasteiger partial charge in [-0.3, -0.25) is 4.79 Å². The van der Waals surface area contributed by atoms with Crippen LogP contribution in [0.25, 0.3) is 11.1 Å². The van der Waals surface area contributed by atoms with Gasteiger partial charge in [-0.1, -0.05) is 54.1 Å². The molecule has 0 aliphatic heterocycles. The molecule has 0 aliphatic carbocycles. The molecule has 0 N–H and O–H groups in total. The minimum atomic E-state index is -0.310. The van der Waals surface area contributed by atoms with Crippen molar-refractivity contribution in [3.05, 3.63) is 54.1 Å². The highest BCUT2D eigenvalue weighted by Gasteiger charge is 2.03. The van der Waals surface area contributed by atoms with Crippen LogP contribution in [0, 0.1) is 6.92 Å². The van der Waals surface area contributed by atoms with Crippen molar-refractivity contribution in [1.29, 1.82) is 0 Å². The SMILES string of the molecule is CC(=O)O[B]c1cccc(-c2ccc(C)cc2)c1. The van der Waals surface area contributed by atoms with Gasteiger partial charge in [-0.05, 0) is 23.5 Å². The maximum absolute atomic E-state index is 10.8. The molecular weight excluding hydrogens is 223 g/mol. The fourth-order valence-electron chi connectivity index (χ4n) is 1.69. The van der Waals surface area contributed by atoms with Crippen LogP contribution in [0.5, 0.6) is 0 Å². The van der Waals surface area contributed by atoms with Gasteiger partial charge in [0.15, 0.2) is 0 Å². The number of benzene rings is 2. The molecule has 0 spiro atoms. The molecule has 0 heterocycles. The van der Waals surface area contributed by atoms with Crippen LogP contribution in [-0.4, -0.2) is 13.5 Å². The molecule has 18 heavy (non-hydrogen) atoms. The van der Waals surface area contributed by atoms with Gasteiger partial charge < -0.3 is 4.65 Å². The molecule has 2 aromatic carbocycles. The minimum absolute atomic E-state index is 0.310. The van der Waals surface area contributed by atoms with E-state index in [1.54, 1.807) is 0 Å². The number of hydrogen-bond acceptors (Lipinski definition) is 2. The Balaban J connectivity index is 2.21. The topological polar surface area (TPSA) is 26.3 Å².